The summed E-state index contributed by atoms with van der Waals surface area (Å²) < 4.78 is 40.5. The highest BCUT2D eigenvalue weighted by Gasteiger charge is 2.09. The molecule has 0 bridgehead atoms. The van der Waals surface area contributed by atoms with Crippen molar-refractivity contribution in [2.24, 2.45) is 0 Å². The zero-order valence-corrected chi connectivity index (χ0v) is 35.8. The van der Waals surface area contributed by atoms with Gasteiger partial charge in [-0.15, -0.1) is 0 Å². The van der Waals surface area contributed by atoms with Crippen molar-refractivity contribution in [2.75, 3.05) is 46.6 Å². The Morgan fingerprint density at radius 1 is 0.519 bits per heavy atom. The second-order valence-corrected chi connectivity index (χ2v) is 15.5. The number of carbonyl (C=O) groups excluding carboxylic acids is 2. The Labute approximate surface area is 332 Å². The SMILES string of the molecule is CCCCCCCCC=CCCCCCCCC(=O)OCCN(CCO)CCOC(=O)CCCCCCCC=CCCCCCCCC.COS(=O)(=O)O. The third-order valence-corrected chi connectivity index (χ3v) is 9.67. The first kappa shape index (κ1) is 54.3. The summed E-state index contributed by atoms with van der Waals surface area (Å²) in [6, 6.07) is 0. The fourth-order valence-corrected chi connectivity index (χ4v) is 5.88. The number of allylic oxidation sites excluding steroid dienone is 4. The first-order chi connectivity index (χ1) is 26.2. The average molecular weight is 790 g/mol. The van der Waals surface area contributed by atoms with Crippen LogP contribution in [0.2, 0.25) is 0 Å². The van der Waals surface area contributed by atoms with Crippen molar-refractivity contribution in [3.05, 3.63) is 24.3 Å². The van der Waals surface area contributed by atoms with Crippen LogP contribution in [-0.4, -0.2) is 81.5 Å². The Hall–Kier alpha value is -1.79. The molecule has 0 saturated heterocycles. The third-order valence-electron chi connectivity index (χ3n) is 9.25. The second-order valence-electron chi connectivity index (χ2n) is 14.3. The Balaban J connectivity index is 0. The minimum Gasteiger partial charge on any atom is -0.464 e. The van der Waals surface area contributed by atoms with Crippen molar-refractivity contribution in [1.82, 2.24) is 4.90 Å². The number of carbonyl (C=O) groups is 2. The zero-order valence-electron chi connectivity index (χ0n) is 35.0. The zero-order chi connectivity index (χ0) is 40.2. The lowest BCUT2D eigenvalue weighted by molar-refractivity contribution is -0.144. The van der Waals surface area contributed by atoms with Crippen LogP contribution in [0.15, 0.2) is 24.3 Å². The first-order valence-corrected chi connectivity index (χ1v) is 23.0. The largest absolute Gasteiger partial charge is 0.464 e. The molecule has 0 radical (unpaired) electrons. The van der Waals surface area contributed by atoms with E-state index in [1.807, 2.05) is 4.90 Å². The van der Waals surface area contributed by atoms with Crippen LogP contribution in [0.3, 0.4) is 0 Å². The highest BCUT2D eigenvalue weighted by Crippen LogP contribution is 2.12. The van der Waals surface area contributed by atoms with Crippen molar-refractivity contribution in [3.8, 4) is 0 Å². The number of aliphatic hydroxyl groups excluding tert-OH is 1. The predicted molar refractivity (Wildman–Crippen MR) is 223 cm³/mol. The molecule has 0 atom stereocenters. The van der Waals surface area contributed by atoms with Crippen molar-refractivity contribution in [3.63, 3.8) is 0 Å². The molecule has 0 aliphatic heterocycles. The van der Waals surface area contributed by atoms with Crippen molar-refractivity contribution in [2.45, 2.75) is 194 Å². The van der Waals surface area contributed by atoms with E-state index in [-0.39, 0.29) is 18.5 Å². The highest BCUT2D eigenvalue weighted by molar-refractivity contribution is 7.80. The van der Waals surface area contributed by atoms with Gasteiger partial charge in [0.15, 0.2) is 0 Å². The van der Waals surface area contributed by atoms with E-state index in [2.05, 4.69) is 42.3 Å². The molecule has 0 fully saturated rings. The van der Waals surface area contributed by atoms with Crippen LogP contribution in [0, 0.1) is 0 Å². The van der Waals surface area contributed by atoms with Gasteiger partial charge in [-0.3, -0.25) is 23.2 Å². The number of ether oxygens (including phenoxy) is 2. The summed E-state index contributed by atoms with van der Waals surface area (Å²) in [6.07, 6.45) is 42.5. The normalized spacial score (nSPS) is 11.7. The monoisotopic (exact) mass is 790 g/mol. The van der Waals surface area contributed by atoms with Gasteiger partial charge in [0, 0.05) is 32.5 Å². The van der Waals surface area contributed by atoms with Crippen LogP contribution in [0.1, 0.15) is 194 Å². The van der Waals surface area contributed by atoms with Gasteiger partial charge >= 0.3 is 22.3 Å². The standard InChI is InChI=1S/C42H79NO5.CH4O4S/c1-3-5-7-9-11-13-15-17-19-21-23-25-27-29-31-33-41(45)47-39-36-43(35-38-44)37-40-48-42(46)34-32-30-28-26-24-22-20-18-16-14-12-10-8-6-4-2;1-5-6(2,3)4/h17-20,44H,3-16,21-40H2,1-2H3;1H3,(H,2,3,4). The molecule has 54 heavy (non-hydrogen) atoms. The highest BCUT2D eigenvalue weighted by atomic mass is 32.3. The van der Waals surface area contributed by atoms with Gasteiger partial charge in [-0.1, -0.05) is 141 Å². The number of hydrogen-bond acceptors (Lipinski definition) is 9. The lowest BCUT2D eigenvalue weighted by Gasteiger charge is -2.20. The molecule has 0 amide bonds. The third kappa shape index (κ3) is 48.2. The lowest BCUT2D eigenvalue weighted by Crippen LogP contribution is -2.34. The number of unbranched alkanes of at least 4 members (excludes halogenated alkanes) is 22. The smallest absolute Gasteiger partial charge is 0.397 e. The fraction of sp³-hybridized carbons (Fsp3) is 0.860. The van der Waals surface area contributed by atoms with Gasteiger partial charge in [0.2, 0.25) is 0 Å². The molecule has 0 aliphatic carbocycles. The van der Waals surface area contributed by atoms with E-state index in [0.29, 0.717) is 45.7 Å². The van der Waals surface area contributed by atoms with Gasteiger partial charge in [0.05, 0.1) is 13.7 Å². The first-order valence-electron chi connectivity index (χ1n) is 21.7. The molecular weight excluding hydrogens is 707 g/mol. The molecule has 11 heteroatoms. The molecule has 10 nitrogen and oxygen atoms in total. The maximum absolute atomic E-state index is 12.1. The minimum atomic E-state index is -4.16. The van der Waals surface area contributed by atoms with Crippen LogP contribution in [0.5, 0.6) is 0 Å². The molecule has 0 heterocycles. The van der Waals surface area contributed by atoms with Gasteiger partial charge in [-0.2, -0.15) is 8.42 Å². The number of hydrogen-bond donors (Lipinski definition) is 2. The lowest BCUT2D eigenvalue weighted by atomic mass is 10.1. The molecule has 0 rings (SSSR count). The topological polar surface area (TPSA) is 140 Å². The molecule has 2 N–H and O–H groups in total. The van der Waals surface area contributed by atoms with E-state index in [9.17, 15) is 23.1 Å². The summed E-state index contributed by atoms with van der Waals surface area (Å²) in [7, 11) is -3.29. The van der Waals surface area contributed by atoms with Crippen LogP contribution in [0.4, 0.5) is 0 Å². The maximum atomic E-state index is 12.1. The van der Waals surface area contributed by atoms with Gasteiger partial charge in [-0.05, 0) is 64.2 Å². The fourth-order valence-electron chi connectivity index (χ4n) is 5.88. The summed E-state index contributed by atoms with van der Waals surface area (Å²) in [4.78, 5) is 26.2. The Morgan fingerprint density at radius 2 is 0.815 bits per heavy atom. The minimum absolute atomic E-state index is 0.0196. The molecule has 320 valence electrons. The van der Waals surface area contributed by atoms with E-state index in [0.717, 1.165) is 32.8 Å². The van der Waals surface area contributed by atoms with Gasteiger partial charge in [0.25, 0.3) is 0 Å². The van der Waals surface area contributed by atoms with E-state index in [1.54, 1.807) is 0 Å². The van der Waals surface area contributed by atoms with Crippen molar-refractivity contribution >= 4 is 22.3 Å². The average Bonchev–Trinajstić information content (AvgIpc) is 3.14. The van der Waals surface area contributed by atoms with Crippen LogP contribution >= 0.6 is 0 Å². The molecule has 0 spiro atoms. The second kappa shape index (κ2) is 43.9. The maximum Gasteiger partial charge on any atom is 0.397 e. The Bertz CT molecular complexity index is 914. The number of aliphatic hydroxyl groups is 1. The molecule has 0 aliphatic rings. The molecule has 0 aromatic rings. The quantitative estimate of drug-likeness (QED) is 0.0268. The van der Waals surface area contributed by atoms with Crippen LogP contribution < -0.4 is 0 Å². The number of nitrogens with zero attached hydrogens (tertiary/aromatic N) is 1. The Kier molecular flexibility index (Phi) is 44.2. The molecule has 0 aromatic heterocycles. The van der Waals surface area contributed by atoms with Gasteiger partial charge in [0.1, 0.15) is 13.2 Å². The molecule has 0 saturated carbocycles. The van der Waals surface area contributed by atoms with Gasteiger partial charge < -0.3 is 14.6 Å². The van der Waals surface area contributed by atoms with E-state index < -0.39 is 10.4 Å². The summed E-state index contributed by atoms with van der Waals surface area (Å²) >= 11 is 0. The number of rotatable bonds is 39. The predicted octanol–water partition coefficient (Wildman–Crippen LogP) is 10.9. The van der Waals surface area contributed by atoms with Crippen molar-refractivity contribution in [1.29, 1.82) is 0 Å². The van der Waals surface area contributed by atoms with Crippen LogP contribution in [-0.2, 0) is 33.6 Å². The van der Waals surface area contributed by atoms with E-state index in [1.165, 1.54) is 141 Å². The van der Waals surface area contributed by atoms with E-state index >= 15 is 0 Å². The summed E-state index contributed by atoms with van der Waals surface area (Å²) in [6.45, 7) is 6.68. The van der Waals surface area contributed by atoms with E-state index in [4.69, 9.17) is 14.0 Å². The number of esters is 2. The summed E-state index contributed by atoms with van der Waals surface area (Å²) in [5.41, 5.74) is 0. The Morgan fingerprint density at radius 3 is 1.11 bits per heavy atom. The summed E-state index contributed by atoms with van der Waals surface area (Å²) in [5, 5.41) is 9.39. The van der Waals surface area contributed by atoms with Gasteiger partial charge in [-0.25, -0.2) is 0 Å². The molecule has 0 aromatic carbocycles. The molecular formula is C43H83NO9S. The van der Waals surface area contributed by atoms with Crippen LogP contribution in [0.25, 0.3) is 0 Å². The molecule has 0 unspecified atom stereocenters. The summed E-state index contributed by atoms with van der Waals surface area (Å²) in [5.74, 6) is -0.300. The van der Waals surface area contributed by atoms with Crippen molar-refractivity contribution < 1.29 is 41.3 Å².